The molecular weight excluding hydrogens is 1090 g/mol. The lowest BCUT2D eigenvalue weighted by atomic mass is 10.0. The van der Waals surface area contributed by atoms with Gasteiger partial charge in [0, 0.05) is 77.9 Å². The highest BCUT2D eigenvalue weighted by atomic mass is 32.1. The predicted molar refractivity (Wildman–Crippen MR) is 301 cm³/mol. The molecule has 1 saturated heterocycles. The fraction of sp³-hybridized carbons (Fsp3) is 0.407. The zero-order valence-corrected chi connectivity index (χ0v) is 45.8. The lowest BCUT2D eigenvalue weighted by Crippen LogP contribution is -2.62. The molecule has 1 aliphatic heterocycles. The third-order valence-corrected chi connectivity index (χ3v) is 14.4. The Hall–Kier alpha value is -7.98. The number of nitrogens with two attached hydrogens (primary N) is 1. The van der Waals surface area contributed by atoms with Crippen LogP contribution < -0.4 is 43.0 Å². The van der Waals surface area contributed by atoms with Crippen LogP contribution in [0.5, 0.6) is 0 Å². The number of amides is 8. The van der Waals surface area contributed by atoms with Crippen LogP contribution in [0.25, 0.3) is 21.8 Å². The third kappa shape index (κ3) is 16.8. The maximum Gasteiger partial charge on any atom is 0.327 e. The van der Waals surface area contributed by atoms with E-state index in [1.54, 1.807) is 91.3 Å². The van der Waals surface area contributed by atoms with Crippen molar-refractivity contribution < 1.29 is 68.4 Å². The highest BCUT2D eigenvalue weighted by Crippen LogP contribution is 2.23. The summed E-state index contributed by atoms with van der Waals surface area (Å²) in [4.78, 5) is 143. The van der Waals surface area contributed by atoms with Crippen molar-refractivity contribution in [2.75, 3.05) is 24.7 Å². The van der Waals surface area contributed by atoms with Crippen LogP contribution in [0.1, 0.15) is 49.3 Å². The number of carbonyl (C=O) groups is 10. The highest BCUT2D eigenvalue weighted by molar-refractivity contribution is 7.80. The Morgan fingerprint density at radius 2 is 1.10 bits per heavy atom. The molecule has 0 aliphatic carbocycles. The van der Waals surface area contributed by atoms with E-state index in [0.29, 0.717) is 44.9 Å². The number of aromatic nitrogens is 2. The van der Waals surface area contributed by atoms with Crippen molar-refractivity contribution in [2.24, 2.45) is 5.73 Å². The summed E-state index contributed by atoms with van der Waals surface area (Å²) in [6, 6.07) is 9.11. The molecule has 8 amide bonds. The molecule has 81 heavy (non-hydrogen) atoms. The number of nitrogens with zero attached hydrogens (tertiary/aromatic N) is 1. The summed E-state index contributed by atoms with van der Waals surface area (Å²) >= 11 is 8.12. The third-order valence-electron chi connectivity index (χ3n) is 13.7. The van der Waals surface area contributed by atoms with Gasteiger partial charge in [0.1, 0.15) is 48.3 Å². The van der Waals surface area contributed by atoms with Gasteiger partial charge < -0.3 is 78.2 Å². The molecule has 15 N–H and O–H groups in total. The smallest absolute Gasteiger partial charge is 0.327 e. The quantitative estimate of drug-likeness (QED) is 0.0244. The zero-order valence-electron chi connectivity index (χ0n) is 44.0. The van der Waals surface area contributed by atoms with Crippen molar-refractivity contribution in [3.63, 3.8) is 0 Å². The number of aromatic amines is 2. The molecule has 0 radical (unpaired) electrons. The Bertz CT molecular complexity index is 3070. The number of benzene rings is 3. The monoisotopic (exact) mass is 1160 g/mol. The molecule has 10 atom stereocenters. The molecule has 10 unspecified atom stereocenters. The van der Waals surface area contributed by atoms with Gasteiger partial charge in [0.15, 0.2) is 0 Å². The summed E-state index contributed by atoms with van der Waals surface area (Å²) in [5, 5.41) is 59.5. The molecule has 27 heteroatoms. The maximum atomic E-state index is 14.5. The van der Waals surface area contributed by atoms with Gasteiger partial charge in [-0.05, 0) is 55.0 Å². The second kappa shape index (κ2) is 29.5. The van der Waals surface area contributed by atoms with Gasteiger partial charge in [0.25, 0.3) is 0 Å². The molecule has 0 bridgehead atoms. The van der Waals surface area contributed by atoms with Gasteiger partial charge in [-0.25, -0.2) is 4.79 Å². The van der Waals surface area contributed by atoms with Gasteiger partial charge in [0.05, 0.1) is 18.8 Å². The number of aliphatic carboxylic acids is 2. The standard InChI is InChI=1S/C54H67N11O14S2/c1-28(67)45(52(76)61-38(20-29-10-3-2-4-11-29)47(71)63-42(27-81)54(78)79)64-49(73)40(22-31-24-57-36-15-8-6-13-33(31)36)59-50(74)41(25-66)62-46(70)37(17-18-44(68)69)58-48(72)39(21-30-23-56-35-14-7-5-12-32(30)35)60-51(75)43-16-9-19-65(43)53(77)34(55)26-80/h2-8,10-15,23-24,28,34,37-43,45,56-57,66-67,80-81H,9,16-22,25-27,55H2,1H3,(H,58,72)(H,59,74)(H,60,75)(H,61,76)(H,62,70)(H,63,71)(H,64,73)(H,68,69)(H,78,79). The molecule has 3 aromatic carbocycles. The van der Waals surface area contributed by atoms with E-state index in [4.69, 9.17) is 5.73 Å². The van der Waals surface area contributed by atoms with Crippen molar-refractivity contribution in [3.8, 4) is 0 Å². The van der Waals surface area contributed by atoms with Crippen LogP contribution in [-0.2, 0) is 67.2 Å². The first-order valence-corrected chi connectivity index (χ1v) is 27.3. The van der Waals surface area contributed by atoms with E-state index in [-0.39, 0.29) is 43.7 Å². The number of nitrogens with one attached hydrogen (secondary N) is 9. The minimum atomic E-state index is -1.88. The summed E-state index contributed by atoms with van der Waals surface area (Å²) in [6.45, 7) is 0.287. The summed E-state index contributed by atoms with van der Waals surface area (Å²) < 4.78 is 0. The van der Waals surface area contributed by atoms with Crippen molar-refractivity contribution in [3.05, 3.63) is 108 Å². The Morgan fingerprint density at radius 3 is 1.64 bits per heavy atom. The minimum Gasteiger partial charge on any atom is -0.481 e. The molecular formula is C54H67N11O14S2. The SMILES string of the molecule is CC(O)C(NC(=O)C(Cc1c[nH]c2ccccc12)NC(=O)C(CO)NC(=O)C(CCC(=O)O)NC(=O)C(Cc1c[nH]c2ccccc12)NC(=O)C1CCCN1C(=O)C(N)CS)C(=O)NC(Cc1ccccc1)C(=O)NC(CS)C(=O)O. The number of para-hydroxylation sites is 2. The van der Waals surface area contributed by atoms with E-state index in [1.165, 1.54) is 11.8 Å². The predicted octanol–water partition coefficient (Wildman–Crippen LogP) is -1.43. The van der Waals surface area contributed by atoms with E-state index in [2.05, 4.69) is 72.4 Å². The van der Waals surface area contributed by atoms with Gasteiger partial charge in [0.2, 0.25) is 47.3 Å². The highest BCUT2D eigenvalue weighted by Gasteiger charge is 2.39. The first-order valence-electron chi connectivity index (χ1n) is 26.0. The lowest BCUT2D eigenvalue weighted by molar-refractivity contribution is -0.142. The van der Waals surface area contributed by atoms with Crippen LogP contribution in [0.3, 0.4) is 0 Å². The summed E-state index contributed by atoms with van der Waals surface area (Å²) in [6.07, 6.45) is 0.426. The number of H-pyrrole nitrogens is 2. The molecule has 1 aliphatic rings. The van der Waals surface area contributed by atoms with E-state index in [9.17, 15) is 68.4 Å². The molecule has 3 heterocycles. The van der Waals surface area contributed by atoms with Crippen LogP contribution in [-0.4, -0.2) is 180 Å². The molecule has 6 rings (SSSR count). The van der Waals surface area contributed by atoms with E-state index in [0.717, 1.165) is 0 Å². The Balaban J connectivity index is 1.23. The normalized spacial score (nSPS) is 16.5. The van der Waals surface area contributed by atoms with Crippen molar-refractivity contribution in [1.29, 1.82) is 0 Å². The first-order chi connectivity index (χ1) is 38.7. The van der Waals surface area contributed by atoms with Crippen LogP contribution in [0.2, 0.25) is 0 Å². The first kappa shape index (κ1) is 62.2. The Kier molecular flexibility index (Phi) is 22.6. The van der Waals surface area contributed by atoms with Crippen LogP contribution >= 0.6 is 25.3 Å². The lowest BCUT2D eigenvalue weighted by Gasteiger charge is -2.29. The Labute approximate surface area is 475 Å². The number of hydrogen-bond donors (Lipinski definition) is 16. The number of carbonyl (C=O) groups excluding carboxylic acids is 8. The number of hydrogen-bond acceptors (Lipinski definition) is 15. The average molecular weight is 1160 g/mol. The average Bonchev–Trinajstić information content (AvgIpc) is 4.22. The van der Waals surface area contributed by atoms with E-state index >= 15 is 0 Å². The van der Waals surface area contributed by atoms with Gasteiger partial charge in [-0.3, -0.25) is 43.2 Å². The van der Waals surface area contributed by atoms with Gasteiger partial charge in [-0.2, -0.15) is 25.3 Å². The van der Waals surface area contributed by atoms with E-state index < -0.39 is 139 Å². The molecule has 1 fully saturated rings. The number of aliphatic hydroxyl groups excluding tert-OH is 2. The molecule has 2 aromatic heterocycles. The summed E-state index contributed by atoms with van der Waals surface area (Å²) in [7, 11) is 0. The number of thiol groups is 2. The van der Waals surface area contributed by atoms with Crippen LogP contribution in [0.4, 0.5) is 0 Å². The number of likely N-dealkylation sites (tertiary alicyclic amines) is 1. The van der Waals surface area contributed by atoms with Crippen molar-refractivity contribution in [2.45, 2.75) is 112 Å². The van der Waals surface area contributed by atoms with Crippen molar-refractivity contribution >= 4 is 106 Å². The van der Waals surface area contributed by atoms with Crippen LogP contribution in [0.15, 0.2) is 91.3 Å². The fourth-order valence-electron chi connectivity index (χ4n) is 9.31. The molecule has 25 nitrogen and oxygen atoms in total. The molecule has 434 valence electrons. The summed E-state index contributed by atoms with van der Waals surface area (Å²) in [5.41, 5.74) is 8.94. The van der Waals surface area contributed by atoms with Gasteiger partial charge in [-0.1, -0.05) is 66.7 Å². The van der Waals surface area contributed by atoms with Crippen molar-refractivity contribution in [1.82, 2.24) is 52.1 Å². The number of carboxylic acid groups (broad SMARTS) is 2. The zero-order chi connectivity index (χ0) is 58.9. The number of fused-ring (bicyclic) bond motifs is 2. The van der Waals surface area contributed by atoms with Gasteiger partial charge >= 0.3 is 11.9 Å². The molecule has 5 aromatic rings. The van der Waals surface area contributed by atoms with E-state index in [1.807, 2.05) is 0 Å². The molecule has 0 saturated carbocycles. The largest absolute Gasteiger partial charge is 0.481 e. The Morgan fingerprint density at radius 1 is 0.617 bits per heavy atom. The van der Waals surface area contributed by atoms with Crippen LogP contribution in [0, 0.1) is 0 Å². The fourth-order valence-corrected chi connectivity index (χ4v) is 9.71. The number of rotatable bonds is 29. The van der Waals surface area contributed by atoms with Gasteiger partial charge in [-0.15, -0.1) is 0 Å². The minimum absolute atomic E-state index is 0.0119. The number of aliphatic hydroxyl groups is 2. The second-order valence-corrected chi connectivity index (χ2v) is 20.3. The second-order valence-electron chi connectivity index (χ2n) is 19.5. The summed E-state index contributed by atoms with van der Waals surface area (Å²) in [5.74, 6) is -10.6. The molecule has 0 spiro atoms. The maximum absolute atomic E-state index is 14.5. The topological polar surface area (TPSA) is 397 Å². The number of carboxylic acids is 2.